The van der Waals surface area contributed by atoms with Gasteiger partial charge in [-0.2, -0.15) is 0 Å². The second-order valence-corrected chi connectivity index (χ2v) is 4.83. The van der Waals surface area contributed by atoms with Crippen molar-refractivity contribution in [2.24, 2.45) is 13.0 Å². The summed E-state index contributed by atoms with van der Waals surface area (Å²) in [5.74, 6) is 1.01. The third kappa shape index (κ3) is 2.99. The Kier molecular flexibility index (Phi) is 3.94. The predicted molar refractivity (Wildman–Crippen MR) is 72.5 cm³/mol. The summed E-state index contributed by atoms with van der Waals surface area (Å²) in [6.07, 6.45) is 6.84. The summed E-state index contributed by atoms with van der Waals surface area (Å²) in [7, 11) is 1.93. The summed E-state index contributed by atoms with van der Waals surface area (Å²) < 4.78 is 1.93. The number of nitrogens with zero attached hydrogens (tertiary/aromatic N) is 3. The number of carbonyl (C=O) groups is 1. The average Bonchev–Trinajstić information content (AvgIpc) is 2.82. The number of amides is 1. The first-order valence-electron chi connectivity index (χ1n) is 6.27. The van der Waals surface area contributed by atoms with E-state index in [4.69, 9.17) is 0 Å². The van der Waals surface area contributed by atoms with Crippen molar-refractivity contribution in [3.63, 3.8) is 0 Å². The standard InChI is InChI=1S/C14H18N4O/c1-10(2)12(13-16-8-9-18(13)3)17-14(19)11-4-6-15-7-5-11/h4-10,12H,1-3H3,(H,17,19)/t12-/m0/s1. The molecule has 0 radical (unpaired) electrons. The van der Waals surface area contributed by atoms with Gasteiger partial charge in [-0.15, -0.1) is 0 Å². The van der Waals surface area contributed by atoms with Crippen LogP contribution in [-0.2, 0) is 7.05 Å². The Morgan fingerprint density at radius 3 is 2.47 bits per heavy atom. The molecule has 19 heavy (non-hydrogen) atoms. The van der Waals surface area contributed by atoms with Crippen molar-refractivity contribution in [2.75, 3.05) is 0 Å². The van der Waals surface area contributed by atoms with Crippen molar-refractivity contribution in [1.82, 2.24) is 19.9 Å². The van der Waals surface area contributed by atoms with Crippen molar-refractivity contribution in [3.05, 3.63) is 48.3 Å². The quantitative estimate of drug-likeness (QED) is 0.911. The Balaban J connectivity index is 2.19. The summed E-state index contributed by atoms with van der Waals surface area (Å²) >= 11 is 0. The Morgan fingerprint density at radius 2 is 1.95 bits per heavy atom. The van der Waals surface area contributed by atoms with Crippen molar-refractivity contribution >= 4 is 5.91 Å². The highest BCUT2D eigenvalue weighted by Gasteiger charge is 2.22. The van der Waals surface area contributed by atoms with Crippen LogP contribution in [0.1, 0.15) is 36.1 Å². The van der Waals surface area contributed by atoms with E-state index in [1.165, 1.54) is 0 Å². The molecule has 5 heteroatoms. The minimum Gasteiger partial charge on any atom is -0.342 e. The molecule has 0 saturated heterocycles. The maximum absolute atomic E-state index is 12.2. The normalized spacial score (nSPS) is 12.4. The second kappa shape index (κ2) is 5.65. The highest BCUT2D eigenvalue weighted by Crippen LogP contribution is 2.20. The minimum atomic E-state index is -0.110. The van der Waals surface area contributed by atoms with E-state index in [1.54, 1.807) is 30.7 Å². The molecule has 0 aliphatic rings. The molecule has 0 fully saturated rings. The molecule has 0 aromatic carbocycles. The number of rotatable bonds is 4. The maximum Gasteiger partial charge on any atom is 0.251 e. The fourth-order valence-electron chi connectivity index (χ4n) is 1.93. The number of hydrogen-bond acceptors (Lipinski definition) is 3. The van der Waals surface area contributed by atoms with Gasteiger partial charge in [0.05, 0.1) is 6.04 Å². The van der Waals surface area contributed by atoms with Crippen molar-refractivity contribution in [1.29, 1.82) is 0 Å². The molecule has 100 valence electrons. The number of pyridine rings is 1. The number of aryl methyl sites for hydroxylation is 1. The van der Waals surface area contributed by atoms with Gasteiger partial charge in [0.2, 0.25) is 0 Å². The third-order valence-corrected chi connectivity index (χ3v) is 3.03. The van der Waals surface area contributed by atoms with Crippen molar-refractivity contribution in [2.45, 2.75) is 19.9 Å². The topological polar surface area (TPSA) is 59.8 Å². The Morgan fingerprint density at radius 1 is 1.26 bits per heavy atom. The lowest BCUT2D eigenvalue weighted by Gasteiger charge is -2.22. The van der Waals surface area contributed by atoms with Gasteiger partial charge in [-0.05, 0) is 18.1 Å². The van der Waals surface area contributed by atoms with Crippen LogP contribution in [-0.4, -0.2) is 20.4 Å². The van der Waals surface area contributed by atoms with Crippen molar-refractivity contribution in [3.8, 4) is 0 Å². The van der Waals surface area contributed by atoms with E-state index in [0.717, 1.165) is 5.82 Å². The summed E-state index contributed by atoms with van der Waals surface area (Å²) in [5, 5.41) is 3.03. The van der Waals surface area contributed by atoms with Crippen LogP contribution in [0.4, 0.5) is 0 Å². The molecule has 2 aromatic heterocycles. The Hall–Kier alpha value is -2.17. The lowest BCUT2D eigenvalue weighted by Crippen LogP contribution is -2.33. The van der Waals surface area contributed by atoms with Crippen LogP contribution in [0.25, 0.3) is 0 Å². The molecule has 0 spiro atoms. The summed E-state index contributed by atoms with van der Waals surface area (Å²) in [4.78, 5) is 20.4. The molecule has 1 atom stereocenters. The van der Waals surface area contributed by atoms with Crippen LogP contribution in [0.2, 0.25) is 0 Å². The summed E-state index contributed by atoms with van der Waals surface area (Å²) in [5.41, 5.74) is 0.606. The zero-order valence-electron chi connectivity index (χ0n) is 11.4. The lowest BCUT2D eigenvalue weighted by molar-refractivity contribution is 0.0922. The number of carbonyl (C=O) groups excluding carboxylic acids is 1. The molecule has 0 unspecified atom stereocenters. The minimum absolute atomic E-state index is 0.107. The van der Waals surface area contributed by atoms with E-state index in [2.05, 4.69) is 29.1 Å². The van der Waals surface area contributed by atoms with Gasteiger partial charge in [0.25, 0.3) is 5.91 Å². The van der Waals surface area contributed by atoms with Gasteiger partial charge >= 0.3 is 0 Å². The first-order valence-corrected chi connectivity index (χ1v) is 6.27. The third-order valence-electron chi connectivity index (χ3n) is 3.03. The van der Waals surface area contributed by atoms with Gasteiger partial charge in [0, 0.05) is 37.4 Å². The largest absolute Gasteiger partial charge is 0.342 e. The fraction of sp³-hybridized carbons (Fsp3) is 0.357. The molecular weight excluding hydrogens is 240 g/mol. The summed E-state index contributed by atoms with van der Waals surface area (Å²) in [6, 6.07) is 3.29. The molecule has 2 rings (SSSR count). The fourth-order valence-corrected chi connectivity index (χ4v) is 1.93. The highest BCUT2D eigenvalue weighted by atomic mass is 16.1. The predicted octanol–water partition coefficient (Wildman–Crippen LogP) is 1.94. The molecule has 5 nitrogen and oxygen atoms in total. The molecule has 0 bridgehead atoms. The van der Waals surface area contributed by atoms with E-state index in [0.29, 0.717) is 5.56 Å². The van der Waals surface area contributed by atoms with Gasteiger partial charge in [-0.1, -0.05) is 13.8 Å². The van der Waals surface area contributed by atoms with E-state index in [-0.39, 0.29) is 17.9 Å². The lowest BCUT2D eigenvalue weighted by atomic mass is 10.0. The molecule has 0 saturated carbocycles. The van der Waals surface area contributed by atoms with Crippen molar-refractivity contribution < 1.29 is 4.79 Å². The van der Waals surface area contributed by atoms with E-state index in [9.17, 15) is 4.79 Å². The van der Waals surface area contributed by atoms with Crippen LogP contribution >= 0.6 is 0 Å². The van der Waals surface area contributed by atoms with Crippen LogP contribution < -0.4 is 5.32 Å². The smallest absolute Gasteiger partial charge is 0.251 e. The van der Waals surface area contributed by atoms with E-state index < -0.39 is 0 Å². The monoisotopic (exact) mass is 258 g/mol. The molecule has 0 aliphatic heterocycles. The van der Waals surface area contributed by atoms with Gasteiger partial charge in [-0.25, -0.2) is 4.98 Å². The zero-order chi connectivity index (χ0) is 13.8. The number of aromatic nitrogens is 3. The molecule has 1 N–H and O–H groups in total. The zero-order valence-corrected chi connectivity index (χ0v) is 11.4. The average molecular weight is 258 g/mol. The van der Waals surface area contributed by atoms with Crippen LogP contribution in [0.3, 0.4) is 0 Å². The Labute approximate surface area is 112 Å². The maximum atomic E-state index is 12.2. The summed E-state index contributed by atoms with van der Waals surface area (Å²) in [6.45, 7) is 4.12. The van der Waals surface area contributed by atoms with Gasteiger partial charge in [0.1, 0.15) is 5.82 Å². The van der Waals surface area contributed by atoms with Gasteiger partial charge < -0.3 is 9.88 Å². The van der Waals surface area contributed by atoms with Gasteiger partial charge in [-0.3, -0.25) is 9.78 Å². The number of nitrogens with one attached hydrogen (secondary N) is 1. The van der Waals surface area contributed by atoms with Crippen LogP contribution in [0, 0.1) is 5.92 Å². The van der Waals surface area contributed by atoms with Crippen LogP contribution in [0.5, 0.6) is 0 Å². The first-order chi connectivity index (χ1) is 9.09. The molecule has 1 amide bonds. The molecular formula is C14H18N4O. The Bertz CT molecular complexity index is 548. The SMILES string of the molecule is CC(C)[C@H](NC(=O)c1ccncc1)c1nccn1C. The van der Waals surface area contributed by atoms with E-state index >= 15 is 0 Å². The first kappa shape index (κ1) is 13.3. The second-order valence-electron chi connectivity index (χ2n) is 4.83. The highest BCUT2D eigenvalue weighted by molar-refractivity contribution is 5.94. The van der Waals surface area contributed by atoms with E-state index in [1.807, 2.05) is 17.8 Å². The number of imidazole rings is 1. The van der Waals surface area contributed by atoms with Crippen LogP contribution in [0.15, 0.2) is 36.9 Å². The molecule has 2 aromatic rings. The molecule has 2 heterocycles. The number of hydrogen-bond donors (Lipinski definition) is 1. The van der Waals surface area contributed by atoms with Gasteiger partial charge in [0.15, 0.2) is 0 Å². The molecule has 0 aliphatic carbocycles.